The van der Waals surface area contributed by atoms with Gasteiger partial charge in [0.25, 0.3) is 0 Å². The van der Waals surface area contributed by atoms with E-state index < -0.39 is 34.1 Å². The number of ether oxygens (including phenoxy) is 1. The zero-order valence-corrected chi connectivity index (χ0v) is 28.2. The molecule has 0 fully saturated rings. The average molecular weight is 693 g/mol. The Morgan fingerprint density at radius 2 is 1.36 bits per heavy atom. The van der Waals surface area contributed by atoms with Gasteiger partial charge in [-0.15, -0.1) is 0 Å². The quantitative estimate of drug-likeness (QED) is 0.182. The highest BCUT2D eigenvalue weighted by Crippen LogP contribution is 2.26. The molecule has 0 heterocycles. The molecule has 0 bridgehead atoms. The number of amides is 2. The number of sulfonamides is 1. The molecule has 4 aromatic rings. The van der Waals surface area contributed by atoms with Crippen LogP contribution < -0.4 is 14.4 Å². The Kier molecular flexibility index (Phi) is 11.1. The maximum absolute atomic E-state index is 14.3. The smallest absolute Gasteiger partial charge is 0.244 e. The first-order chi connectivity index (χ1) is 21.3. The van der Waals surface area contributed by atoms with Crippen LogP contribution in [-0.2, 0) is 32.6 Å². The van der Waals surface area contributed by atoms with Gasteiger partial charge in [0.05, 0.1) is 11.9 Å². The molecule has 0 aliphatic carbocycles. The maximum atomic E-state index is 14.3. The molecule has 0 radical (unpaired) electrons. The van der Waals surface area contributed by atoms with Crippen LogP contribution in [0.4, 0.5) is 5.69 Å². The summed E-state index contributed by atoms with van der Waals surface area (Å²) in [6.07, 6.45) is 1.30. The summed E-state index contributed by atoms with van der Waals surface area (Å²) in [6.45, 7) is 5.23. The lowest BCUT2D eigenvalue weighted by Gasteiger charge is -2.35. The number of nitrogens with zero attached hydrogens (tertiary/aromatic N) is 2. The molecule has 0 saturated heterocycles. The molecule has 0 aliphatic rings. The van der Waals surface area contributed by atoms with Crippen molar-refractivity contribution in [1.82, 2.24) is 10.2 Å². The molecule has 4 rings (SSSR count). The van der Waals surface area contributed by atoms with Gasteiger partial charge < -0.3 is 15.0 Å². The number of halogens is 1. The second-order valence-electron chi connectivity index (χ2n) is 11.8. The third-order valence-electron chi connectivity index (χ3n) is 6.82. The fourth-order valence-corrected chi connectivity index (χ4v) is 5.83. The summed E-state index contributed by atoms with van der Waals surface area (Å²) in [7, 11) is -3.89. The molecular formula is C35H38BrN3O5S. The van der Waals surface area contributed by atoms with Crippen LogP contribution in [0.25, 0.3) is 0 Å². The molecule has 8 nitrogen and oxygen atoms in total. The first kappa shape index (κ1) is 33.7. The van der Waals surface area contributed by atoms with Crippen molar-refractivity contribution in [2.45, 2.75) is 45.3 Å². The minimum Gasteiger partial charge on any atom is -0.457 e. The van der Waals surface area contributed by atoms with E-state index in [-0.39, 0.29) is 18.9 Å². The van der Waals surface area contributed by atoms with Gasteiger partial charge >= 0.3 is 0 Å². The molecule has 10 heteroatoms. The van der Waals surface area contributed by atoms with Crippen molar-refractivity contribution in [2.24, 2.45) is 0 Å². The summed E-state index contributed by atoms with van der Waals surface area (Å²) in [5, 5.41) is 3.03. The Bertz CT molecular complexity index is 1680. The lowest BCUT2D eigenvalue weighted by molar-refractivity contribution is -0.140. The maximum Gasteiger partial charge on any atom is 0.244 e. The van der Waals surface area contributed by atoms with Crippen LogP contribution in [0.2, 0.25) is 0 Å². The Morgan fingerprint density at radius 3 is 1.91 bits per heavy atom. The average Bonchev–Trinajstić information content (AvgIpc) is 2.98. The van der Waals surface area contributed by atoms with Crippen molar-refractivity contribution in [3.8, 4) is 11.5 Å². The SMILES string of the molecule is CC(C)(C)NC(=O)[C@H](Cc1ccccc1)N(Cc1ccc(Br)cc1)C(=O)CN(c1ccc(Oc2ccccc2)cc1)S(C)(=O)=O. The monoisotopic (exact) mass is 691 g/mol. The summed E-state index contributed by atoms with van der Waals surface area (Å²) >= 11 is 3.45. The second kappa shape index (κ2) is 14.8. The number of carbonyl (C=O) groups is 2. The van der Waals surface area contributed by atoms with Crippen molar-refractivity contribution in [2.75, 3.05) is 17.1 Å². The zero-order chi connectivity index (χ0) is 32.6. The highest BCUT2D eigenvalue weighted by atomic mass is 79.9. The first-order valence-electron chi connectivity index (χ1n) is 14.5. The van der Waals surface area contributed by atoms with E-state index in [1.54, 1.807) is 24.3 Å². The fourth-order valence-electron chi connectivity index (χ4n) is 4.71. The van der Waals surface area contributed by atoms with Gasteiger partial charge in [0.2, 0.25) is 21.8 Å². The minimum absolute atomic E-state index is 0.0998. The van der Waals surface area contributed by atoms with Crippen LogP contribution in [-0.4, -0.2) is 49.5 Å². The fraction of sp³-hybridized carbons (Fsp3) is 0.257. The lowest BCUT2D eigenvalue weighted by Crippen LogP contribution is -2.56. The summed E-state index contributed by atoms with van der Waals surface area (Å²) in [5.74, 6) is 0.313. The number of rotatable bonds is 12. The highest BCUT2D eigenvalue weighted by molar-refractivity contribution is 9.10. The summed E-state index contributed by atoms with van der Waals surface area (Å²) in [6, 6.07) is 31.7. The van der Waals surface area contributed by atoms with Gasteiger partial charge in [-0.2, -0.15) is 0 Å². The number of hydrogen-bond acceptors (Lipinski definition) is 5. The van der Waals surface area contributed by atoms with Crippen LogP contribution in [0, 0.1) is 0 Å². The molecule has 45 heavy (non-hydrogen) atoms. The van der Waals surface area contributed by atoms with E-state index in [1.807, 2.05) is 106 Å². The lowest BCUT2D eigenvalue weighted by atomic mass is 10.0. The van der Waals surface area contributed by atoms with Gasteiger partial charge in [-0.3, -0.25) is 13.9 Å². The Balaban J connectivity index is 1.68. The van der Waals surface area contributed by atoms with Gasteiger partial charge in [0, 0.05) is 23.0 Å². The molecular weight excluding hydrogens is 654 g/mol. The zero-order valence-electron chi connectivity index (χ0n) is 25.8. The van der Waals surface area contributed by atoms with Crippen LogP contribution in [0.1, 0.15) is 31.9 Å². The summed E-state index contributed by atoms with van der Waals surface area (Å²) in [4.78, 5) is 29.6. The normalized spacial score (nSPS) is 12.2. The third kappa shape index (κ3) is 10.2. The first-order valence-corrected chi connectivity index (χ1v) is 17.1. The van der Waals surface area contributed by atoms with E-state index in [0.29, 0.717) is 17.2 Å². The number of nitrogens with one attached hydrogen (secondary N) is 1. The molecule has 0 aromatic heterocycles. The molecule has 0 spiro atoms. The van der Waals surface area contributed by atoms with E-state index in [2.05, 4.69) is 21.2 Å². The third-order valence-corrected chi connectivity index (χ3v) is 8.49. The largest absolute Gasteiger partial charge is 0.457 e. The van der Waals surface area contributed by atoms with Gasteiger partial charge in [-0.25, -0.2) is 8.42 Å². The van der Waals surface area contributed by atoms with Crippen LogP contribution in [0.3, 0.4) is 0 Å². The molecule has 1 atom stereocenters. The Labute approximate surface area is 274 Å². The summed E-state index contributed by atoms with van der Waals surface area (Å²) in [5.41, 5.74) is 1.41. The van der Waals surface area contributed by atoms with Crippen molar-refractivity contribution in [3.05, 3.63) is 125 Å². The molecule has 0 aliphatic heterocycles. The van der Waals surface area contributed by atoms with Gasteiger partial charge in [-0.1, -0.05) is 76.6 Å². The molecule has 1 N–H and O–H groups in total. The van der Waals surface area contributed by atoms with Crippen molar-refractivity contribution in [1.29, 1.82) is 0 Å². The van der Waals surface area contributed by atoms with E-state index >= 15 is 0 Å². The van der Waals surface area contributed by atoms with Crippen LogP contribution in [0.15, 0.2) is 114 Å². The predicted octanol–water partition coefficient (Wildman–Crippen LogP) is 6.56. The van der Waals surface area contributed by atoms with Crippen molar-refractivity contribution < 1.29 is 22.7 Å². The second-order valence-corrected chi connectivity index (χ2v) is 14.6. The molecule has 0 unspecified atom stereocenters. The Hall–Kier alpha value is -4.15. The van der Waals surface area contributed by atoms with E-state index in [9.17, 15) is 18.0 Å². The number of para-hydroxylation sites is 1. The van der Waals surface area contributed by atoms with Crippen molar-refractivity contribution in [3.63, 3.8) is 0 Å². The predicted molar refractivity (Wildman–Crippen MR) is 182 cm³/mol. The number of benzene rings is 4. The van der Waals surface area contributed by atoms with Crippen LogP contribution >= 0.6 is 15.9 Å². The molecule has 0 saturated carbocycles. The van der Waals surface area contributed by atoms with E-state index in [1.165, 1.54) is 4.90 Å². The molecule has 4 aromatic carbocycles. The standard InChI is InChI=1S/C35H38BrN3O5S/c1-35(2,3)37-34(41)32(23-26-11-7-5-8-12-26)38(24-27-15-17-28(36)18-16-27)33(40)25-39(45(4,42)43)29-19-21-31(22-20-29)44-30-13-9-6-10-14-30/h5-22,32H,23-25H2,1-4H3,(H,37,41)/t32-/m0/s1. The van der Waals surface area contributed by atoms with Gasteiger partial charge in [0.15, 0.2) is 0 Å². The molecule has 2 amide bonds. The van der Waals surface area contributed by atoms with E-state index in [4.69, 9.17) is 4.74 Å². The van der Waals surface area contributed by atoms with E-state index in [0.717, 1.165) is 26.2 Å². The Morgan fingerprint density at radius 1 is 0.800 bits per heavy atom. The van der Waals surface area contributed by atoms with Gasteiger partial charge in [0.1, 0.15) is 24.1 Å². The highest BCUT2D eigenvalue weighted by Gasteiger charge is 2.34. The number of carbonyl (C=O) groups excluding carboxylic acids is 2. The van der Waals surface area contributed by atoms with Crippen molar-refractivity contribution >= 4 is 43.5 Å². The number of hydrogen-bond donors (Lipinski definition) is 1. The minimum atomic E-state index is -3.89. The number of anilines is 1. The molecule has 236 valence electrons. The van der Waals surface area contributed by atoms with Crippen LogP contribution in [0.5, 0.6) is 11.5 Å². The summed E-state index contributed by atoms with van der Waals surface area (Å²) < 4.78 is 33.9. The van der Waals surface area contributed by atoms with Gasteiger partial charge in [-0.05, 0) is 80.4 Å². The topological polar surface area (TPSA) is 96.0 Å².